The Balaban J connectivity index is 3.15. The first kappa shape index (κ1) is 19.9. The van der Waals surface area contributed by atoms with Gasteiger partial charge in [0.05, 0.1) is 19.4 Å². The molecular weight excluding hydrogens is 268 g/mol. The van der Waals surface area contributed by atoms with E-state index in [0.29, 0.717) is 6.61 Å². The van der Waals surface area contributed by atoms with E-state index in [1.54, 1.807) is 0 Å². The van der Waals surface area contributed by atoms with Crippen LogP contribution in [0.1, 0.15) is 84.5 Å². The Labute approximate surface area is 129 Å². The third kappa shape index (κ3) is 16.9. The molecule has 4 nitrogen and oxygen atoms in total. The predicted molar refractivity (Wildman–Crippen MR) is 84.2 cm³/mol. The molecule has 0 saturated heterocycles. The van der Waals surface area contributed by atoms with Crippen LogP contribution in [-0.2, 0) is 14.3 Å². The highest BCUT2D eigenvalue weighted by molar-refractivity contribution is 5.76. The first-order valence-electron chi connectivity index (χ1n) is 8.39. The van der Waals surface area contributed by atoms with Crippen molar-refractivity contribution in [3.8, 4) is 0 Å². The molecule has 0 aromatic rings. The lowest BCUT2D eigenvalue weighted by molar-refractivity contribution is -0.147. The van der Waals surface area contributed by atoms with Gasteiger partial charge in [0.25, 0.3) is 0 Å². The Morgan fingerprint density at radius 3 is 1.90 bits per heavy atom. The Morgan fingerprint density at radius 2 is 1.38 bits per heavy atom. The van der Waals surface area contributed by atoms with Crippen molar-refractivity contribution in [2.24, 2.45) is 5.92 Å². The molecule has 124 valence electrons. The summed E-state index contributed by atoms with van der Waals surface area (Å²) in [7, 11) is 0. The van der Waals surface area contributed by atoms with Crippen LogP contribution < -0.4 is 0 Å². The van der Waals surface area contributed by atoms with E-state index in [0.717, 1.165) is 18.8 Å². The van der Waals surface area contributed by atoms with Crippen LogP contribution in [0.3, 0.4) is 0 Å². The molecule has 21 heavy (non-hydrogen) atoms. The minimum Gasteiger partial charge on any atom is -0.481 e. The number of hydrogen-bond donors (Lipinski definition) is 1. The van der Waals surface area contributed by atoms with Crippen molar-refractivity contribution in [1.82, 2.24) is 0 Å². The molecule has 0 atom stereocenters. The normalized spacial score (nSPS) is 10.8. The van der Waals surface area contributed by atoms with Gasteiger partial charge < -0.3 is 9.84 Å². The average molecular weight is 300 g/mol. The van der Waals surface area contributed by atoms with E-state index in [9.17, 15) is 9.59 Å². The van der Waals surface area contributed by atoms with Gasteiger partial charge in [-0.2, -0.15) is 0 Å². The lowest BCUT2D eigenvalue weighted by atomic mass is 10.0. The fourth-order valence-electron chi connectivity index (χ4n) is 2.18. The second-order valence-corrected chi connectivity index (χ2v) is 6.13. The van der Waals surface area contributed by atoms with Crippen LogP contribution in [0.25, 0.3) is 0 Å². The third-order valence-electron chi connectivity index (χ3n) is 3.48. The summed E-state index contributed by atoms with van der Waals surface area (Å²) in [6.07, 6.45) is 10.9. The first-order valence-corrected chi connectivity index (χ1v) is 8.39. The van der Waals surface area contributed by atoms with Crippen molar-refractivity contribution in [2.45, 2.75) is 84.5 Å². The number of rotatable bonds is 14. The molecule has 0 unspecified atom stereocenters. The van der Waals surface area contributed by atoms with Gasteiger partial charge in [-0.05, 0) is 12.3 Å². The molecule has 0 heterocycles. The smallest absolute Gasteiger partial charge is 0.306 e. The molecule has 0 bridgehead atoms. The zero-order valence-corrected chi connectivity index (χ0v) is 13.7. The molecule has 0 fully saturated rings. The quantitative estimate of drug-likeness (QED) is 0.377. The third-order valence-corrected chi connectivity index (χ3v) is 3.48. The van der Waals surface area contributed by atoms with Crippen LogP contribution in [0.5, 0.6) is 0 Å². The first-order chi connectivity index (χ1) is 10.0. The van der Waals surface area contributed by atoms with E-state index >= 15 is 0 Å². The number of carboxylic acid groups (broad SMARTS) is 1. The zero-order valence-electron chi connectivity index (χ0n) is 13.7. The Morgan fingerprint density at radius 1 is 0.857 bits per heavy atom. The zero-order chi connectivity index (χ0) is 15.9. The van der Waals surface area contributed by atoms with Crippen LogP contribution >= 0.6 is 0 Å². The van der Waals surface area contributed by atoms with Gasteiger partial charge in [0.15, 0.2) is 0 Å². The summed E-state index contributed by atoms with van der Waals surface area (Å²) in [6, 6.07) is 0. The largest absolute Gasteiger partial charge is 0.481 e. The second-order valence-electron chi connectivity index (χ2n) is 6.13. The van der Waals surface area contributed by atoms with Crippen molar-refractivity contribution < 1.29 is 19.4 Å². The average Bonchev–Trinajstić information content (AvgIpc) is 2.42. The molecule has 0 aliphatic heterocycles. The van der Waals surface area contributed by atoms with E-state index in [1.807, 2.05) is 0 Å². The number of carboxylic acids is 1. The van der Waals surface area contributed by atoms with Crippen molar-refractivity contribution in [3.05, 3.63) is 0 Å². The standard InChI is InChI=1S/C17H32O4/c1-15(2)11-9-7-5-3-4-6-8-10-14-21-17(20)13-12-16(18)19/h15H,3-14H2,1-2H3,(H,18,19). The minimum absolute atomic E-state index is 0.0221. The van der Waals surface area contributed by atoms with Crippen LogP contribution in [0.4, 0.5) is 0 Å². The summed E-state index contributed by atoms with van der Waals surface area (Å²) in [4.78, 5) is 21.4. The summed E-state index contributed by atoms with van der Waals surface area (Å²) in [5.74, 6) is -0.536. The van der Waals surface area contributed by atoms with E-state index in [4.69, 9.17) is 9.84 Å². The van der Waals surface area contributed by atoms with Gasteiger partial charge in [-0.25, -0.2) is 0 Å². The van der Waals surface area contributed by atoms with Gasteiger partial charge in [-0.1, -0.05) is 65.2 Å². The molecule has 0 aromatic heterocycles. The Hall–Kier alpha value is -1.06. The topological polar surface area (TPSA) is 63.6 Å². The highest BCUT2D eigenvalue weighted by atomic mass is 16.5. The van der Waals surface area contributed by atoms with Crippen LogP contribution in [0.2, 0.25) is 0 Å². The fraction of sp³-hybridized carbons (Fsp3) is 0.882. The number of ether oxygens (including phenoxy) is 1. The number of carbonyl (C=O) groups is 2. The van der Waals surface area contributed by atoms with E-state index in [1.165, 1.54) is 44.9 Å². The summed E-state index contributed by atoms with van der Waals surface area (Å²) < 4.78 is 4.97. The van der Waals surface area contributed by atoms with Crippen molar-refractivity contribution in [1.29, 1.82) is 0 Å². The van der Waals surface area contributed by atoms with Crippen LogP contribution in [0.15, 0.2) is 0 Å². The fourth-order valence-corrected chi connectivity index (χ4v) is 2.18. The maximum atomic E-state index is 11.1. The Bertz CT molecular complexity index is 274. The van der Waals surface area contributed by atoms with Crippen molar-refractivity contribution >= 4 is 11.9 Å². The van der Waals surface area contributed by atoms with E-state index < -0.39 is 11.9 Å². The van der Waals surface area contributed by atoms with Gasteiger partial charge in [-0.15, -0.1) is 0 Å². The lowest BCUT2D eigenvalue weighted by Crippen LogP contribution is -2.08. The molecule has 0 aromatic carbocycles. The number of carbonyl (C=O) groups excluding carboxylic acids is 1. The van der Waals surface area contributed by atoms with E-state index in [2.05, 4.69) is 13.8 Å². The van der Waals surface area contributed by atoms with Crippen LogP contribution in [0, 0.1) is 5.92 Å². The monoisotopic (exact) mass is 300 g/mol. The van der Waals surface area contributed by atoms with Gasteiger partial charge in [0.1, 0.15) is 0 Å². The minimum atomic E-state index is -0.958. The number of unbranched alkanes of at least 4 members (excludes halogenated alkanes) is 7. The van der Waals surface area contributed by atoms with Crippen molar-refractivity contribution in [2.75, 3.05) is 6.61 Å². The molecule has 4 heteroatoms. The molecule has 0 saturated carbocycles. The summed E-state index contributed by atoms with van der Waals surface area (Å²) >= 11 is 0. The maximum Gasteiger partial charge on any atom is 0.306 e. The SMILES string of the molecule is CC(C)CCCCCCCCCCOC(=O)CCC(=O)O. The molecule has 0 rings (SSSR count). The highest BCUT2D eigenvalue weighted by Gasteiger charge is 2.05. The van der Waals surface area contributed by atoms with Gasteiger partial charge in [0.2, 0.25) is 0 Å². The summed E-state index contributed by atoms with van der Waals surface area (Å²) in [6.45, 7) is 4.97. The molecule has 0 aliphatic rings. The summed E-state index contributed by atoms with van der Waals surface area (Å²) in [5.41, 5.74) is 0. The highest BCUT2D eigenvalue weighted by Crippen LogP contribution is 2.12. The number of hydrogen-bond acceptors (Lipinski definition) is 3. The molecule has 0 spiro atoms. The van der Waals surface area contributed by atoms with Gasteiger partial charge in [-0.3, -0.25) is 9.59 Å². The van der Waals surface area contributed by atoms with Gasteiger partial charge >= 0.3 is 11.9 Å². The number of esters is 1. The lowest BCUT2D eigenvalue weighted by Gasteiger charge is -2.05. The maximum absolute atomic E-state index is 11.1. The molecule has 0 amide bonds. The van der Waals surface area contributed by atoms with E-state index in [-0.39, 0.29) is 12.8 Å². The van der Waals surface area contributed by atoms with Gasteiger partial charge in [0, 0.05) is 0 Å². The van der Waals surface area contributed by atoms with Crippen molar-refractivity contribution in [3.63, 3.8) is 0 Å². The number of aliphatic carboxylic acids is 1. The molecule has 0 aliphatic carbocycles. The summed E-state index contributed by atoms with van der Waals surface area (Å²) in [5, 5.41) is 8.43. The second kappa shape index (κ2) is 13.9. The van der Waals surface area contributed by atoms with Crippen LogP contribution in [-0.4, -0.2) is 23.7 Å². The Kier molecular flexibility index (Phi) is 13.2. The predicted octanol–water partition coefficient (Wildman–Crippen LogP) is 4.56. The molecule has 0 radical (unpaired) electrons. The molecular formula is C17H32O4. The molecule has 1 N–H and O–H groups in total.